The SMILES string of the molecule is CCNC(CSCCCO)c1cc(C)ccc1OC. The maximum Gasteiger partial charge on any atom is 0.123 e. The van der Waals surface area contributed by atoms with Gasteiger partial charge in [0.25, 0.3) is 0 Å². The van der Waals surface area contributed by atoms with Crippen molar-refractivity contribution in [2.45, 2.75) is 26.3 Å². The summed E-state index contributed by atoms with van der Waals surface area (Å²) in [5, 5.41) is 12.3. The standard InChI is InChI=1S/C15H25NO2S/c1-4-16-14(11-19-9-5-8-17)13-10-12(2)6-7-15(13)18-3/h6-7,10,14,16-17H,4-5,8-9,11H2,1-3H3. The Hall–Kier alpha value is -0.710. The molecular formula is C15H25NO2S. The summed E-state index contributed by atoms with van der Waals surface area (Å²) < 4.78 is 5.47. The number of nitrogens with one attached hydrogen (secondary N) is 1. The summed E-state index contributed by atoms with van der Waals surface area (Å²) >= 11 is 1.87. The molecule has 0 heterocycles. The van der Waals surface area contributed by atoms with Crippen molar-refractivity contribution in [2.24, 2.45) is 0 Å². The summed E-state index contributed by atoms with van der Waals surface area (Å²) in [6.07, 6.45) is 0.856. The van der Waals surface area contributed by atoms with Gasteiger partial charge >= 0.3 is 0 Å². The number of benzene rings is 1. The van der Waals surface area contributed by atoms with E-state index in [4.69, 9.17) is 9.84 Å². The lowest BCUT2D eigenvalue weighted by Crippen LogP contribution is -2.23. The van der Waals surface area contributed by atoms with Crippen molar-refractivity contribution >= 4 is 11.8 Å². The summed E-state index contributed by atoms with van der Waals surface area (Å²) in [7, 11) is 1.72. The Labute approximate surface area is 120 Å². The topological polar surface area (TPSA) is 41.5 Å². The molecule has 2 N–H and O–H groups in total. The van der Waals surface area contributed by atoms with E-state index in [-0.39, 0.29) is 6.61 Å². The number of aliphatic hydroxyl groups excluding tert-OH is 1. The number of aryl methyl sites for hydroxylation is 1. The van der Waals surface area contributed by atoms with Crippen LogP contribution in [0.25, 0.3) is 0 Å². The monoisotopic (exact) mass is 283 g/mol. The van der Waals surface area contributed by atoms with Crippen LogP contribution in [0.5, 0.6) is 5.75 Å². The number of hydrogen-bond acceptors (Lipinski definition) is 4. The Kier molecular flexibility index (Phi) is 7.94. The molecule has 1 rings (SSSR count). The Morgan fingerprint density at radius 3 is 2.84 bits per heavy atom. The van der Waals surface area contributed by atoms with Crippen molar-refractivity contribution in [3.63, 3.8) is 0 Å². The Balaban J connectivity index is 2.76. The van der Waals surface area contributed by atoms with Crippen molar-refractivity contribution in [3.8, 4) is 5.75 Å². The van der Waals surface area contributed by atoms with Gasteiger partial charge in [-0.25, -0.2) is 0 Å². The third-order valence-corrected chi connectivity index (χ3v) is 4.09. The van der Waals surface area contributed by atoms with E-state index in [1.165, 1.54) is 11.1 Å². The summed E-state index contributed by atoms with van der Waals surface area (Å²) in [5.74, 6) is 2.93. The van der Waals surface area contributed by atoms with E-state index in [0.717, 1.165) is 30.2 Å². The largest absolute Gasteiger partial charge is 0.496 e. The highest BCUT2D eigenvalue weighted by atomic mass is 32.2. The molecule has 1 atom stereocenters. The summed E-state index contributed by atoms with van der Waals surface area (Å²) in [6, 6.07) is 6.60. The molecule has 0 amide bonds. The second kappa shape index (κ2) is 9.23. The highest BCUT2D eigenvalue weighted by Crippen LogP contribution is 2.28. The van der Waals surface area contributed by atoms with Gasteiger partial charge in [0, 0.05) is 24.0 Å². The molecule has 0 saturated heterocycles. The van der Waals surface area contributed by atoms with Crippen molar-refractivity contribution in [1.29, 1.82) is 0 Å². The van der Waals surface area contributed by atoms with Gasteiger partial charge in [0.15, 0.2) is 0 Å². The summed E-state index contributed by atoms with van der Waals surface area (Å²) in [6.45, 7) is 5.42. The van der Waals surface area contributed by atoms with Gasteiger partial charge < -0.3 is 15.2 Å². The molecule has 1 unspecified atom stereocenters. The second-order valence-electron chi connectivity index (χ2n) is 4.51. The molecule has 4 heteroatoms. The first kappa shape index (κ1) is 16.3. The molecule has 3 nitrogen and oxygen atoms in total. The number of rotatable bonds is 9. The zero-order chi connectivity index (χ0) is 14.1. The van der Waals surface area contributed by atoms with Crippen molar-refractivity contribution < 1.29 is 9.84 Å². The zero-order valence-corrected chi connectivity index (χ0v) is 12.9. The first-order valence-electron chi connectivity index (χ1n) is 6.79. The molecule has 0 bridgehead atoms. The molecule has 0 radical (unpaired) electrons. The number of ether oxygens (including phenoxy) is 1. The minimum atomic E-state index is 0.270. The van der Waals surface area contributed by atoms with E-state index in [1.54, 1.807) is 7.11 Å². The van der Waals surface area contributed by atoms with Gasteiger partial charge in [-0.3, -0.25) is 0 Å². The zero-order valence-electron chi connectivity index (χ0n) is 12.1. The van der Waals surface area contributed by atoms with Crippen molar-refractivity contribution in [3.05, 3.63) is 29.3 Å². The number of methoxy groups -OCH3 is 1. The van der Waals surface area contributed by atoms with E-state index in [9.17, 15) is 0 Å². The lowest BCUT2D eigenvalue weighted by molar-refractivity contribution is 0.296. The summed E-state index contributed by atoms with van der Waals surface area (Å²) in [4.78, 5) is 0. The average molecular weight is 283 g/mol. The molecule has 1 aromatic carbocycles. The Morgan fingerprint density at radius 1 is 1.42 bits per heavy atom. The van der Waals surface area contributed by atoms with Crippen LogP contribution in [-0.2, 0) is 0 Å². The molecule has 0 aliphatic carbocycles. The highest BCUT2D eigenvalue weighted by molar-refractivity contribution is 7.99. The number of thioether (sulfide) groups is 1. The van der Waals surface area contributed by atoms with Crippen LogP contribution < -0.4 is 10.1 Å². The van der Waals surface area contributed by atoms with E-state index in [2.05, 4.69) is 31.3 Å². The highest BCUT2D eigenvalue weighted by Gasteiger charge is 2.15. The van der Waals surface area contributed by atoms with Crippen molar-refractivity contribution in [1.82, 2.24) is 5.32 Å². The average Bonchev–Trinajstić information content (AvgIpc) is 2.42. The predicted molar refractivity (Wildman–Crippen MR) is 83.2 cm³/mol. The first-order valence-corrected chi connectivity index (χ1v) is 7.94. The molecule has 0 aromatic heterocycles. The predicted octanol–water partition coefficient (Wildman–Crippen LogP) is 2.77. The molecule has 1 aromatic rings. The molecule has 0 saturated carbocycles. The first-order chi connectivity index (χ1) is 9.22. The fraction of sp³-hybridized carbons (Fsp3) is 0.600. The quantitative estimate of drug-likeness (QED) is 0.684. The Bertz CT molecular complexity index is 371. The van der Waals surface area contributed by atoms with Gasteiger partial charge in [0.2, 0.25) is 0 Å². The molecule has 0 aliphatic rings. The number of aliphatic hydroxyl groups is 1. The van der Waals surface area contributed by atoms with E-state index in [1.807, 2.05) is 17.8 Å². The van der Waals surface area contributed by atoms with Gasteiger partial charge in [-0.05, 0) is 31.7 Å². The smallest absolute Gasteiger partial charge is 0.123 e. The van der Waals surface area contributed by atoms with E-state index in [0.29, 0.717) is 6.04 Å². The van der Waals surface area contributed by atoms with Crippen LogP contribution in [0.2, 0.25) is 0 Å². The minimum Gasteiger partial charge on any atom is -0.496 e. The lowest BCUT2D eigenvalue weighted by Gasteiger charge is -2.21. The van der Waals surface area contributed by atoms with Crippen LogP contribution in [0.4, 0.5) is 0 Å². The molecule has 0 aliphatic heterocycles. The molecule has 0 spiro atoms. The van der Waals surface area contributed by atoms with Crippen LogP contribution in [-0.4, -0.2) is 36.9 Å². The van der Waals surface area contributed by atoms with E-state index < -0.39 is 0 Å². The fourth-order valence-corrected chi connectivity index (χ4v) is 3.03. The molecule has 108 valence electrons. The van der Waals surface area contributed by atoms with E-state index >= 15 is 0 Å². The molecule has 19 heavy (non-hydrogen) atoms. The van der Waals surface area contributed by atoms with Crippen LogP contribution >= 0.6 is 11.8 Å². The van der Waals surface area contributed by atoms with Crippen LogP contribution in [0.15, 0.2) is 18.2 Å². The van der Waals surface area contributed by atoms with Crippen LogP contribution in [0.1, 0.15) is 30.5 Å². The molecular weight excluding hydrogens is 258 g/mol. The maximum atomic E-state index is 8.82. The Morgan fingerprint density at radius 2 is 2.21 bits per heavy atom. The van der Waals surface area contributed by atoms with Crippen LogP contribution in [0, 0.1) is 6.92 Å². The maximum absolute atomic E-state index is 8.82. The minimum absolute atomic E-state index is 0.270. The lowest BCUT2D eigenvalue weighted by atomic mass is 10.0. The van der Waals surface area contributed by atoms with Gasteiger partial charge in [-0.2, -0.15) is 11.8 Å². The summed E-state index contributed by atoms with van der Waals surface area (Å²) in [5.41, 5.74) is 2.47. The van der Waals surface area contributed by atoms with Crippen LogP contribution in [0.3, 0.4) is 0 Å². The van der Waals surface area contributed by atoms with Gasteiger partial charge in [0.05, 0.1) is 7.11 Å². The second-order valence-corrected chi connectivity index (χ2v) is 5.66. The molecule has 0 fully saturated rings. The fourth-order valence-electron chi connectivity index (χ4n) is 2.00. The third kappa shape index (κ3) is 5.43. The van der Waals surface area contributed by atoms with Gasteiger partial charge in [-0.1, -0.05) is 24.6 Å². The van der Waals surface area contributed by atoms with Crippen molar-refractivity contribution in [2.75, 3.05) is 31.8 Å². The number of hydrogen-bond donors (Lipinski definition) is 2. The van der Waals surface area contributed by atoms with Gasteiger partial charge in [-0.15, -0.1) is 0 Å². The third-order valence-electron chi connectivity index (χ3n) is 2.94. The van der Waals surface area contributed by atoms with Gasteiger partial charge in [0.1, 0.15) is 5.75 Å². The normalized spacial score (nSPS) is 12.4.